The highest BCUT2D eigenvalue weighted by atomic mass is 16.4. The van der Waals surface area contributed by atoms with Crippen LogP contribution in [0.1, 0.15) is 32.4 Å². The Labute approximate surface area is 201 Å². The SMILES string of the molecule is CC(C)[C@H](NC(=O)[C@H](C)NC(=O)[C@H](Cc1ccccc1)n1c(=O)[nH]c2ccccc2c1=O)C(=O)O. The second kappa shape index (κ2) is 10.8. The van der Waals surface area contributed by atoms with Gasteiger partial charge in [-0.3, -0.25) is 14.4 Å². The third kappa shape index (κ3) is 5.84. The van der Waals surface area contributed by atoms with Crippen molar-refractivity contribution >= 4 is 28.7 Å². The molecule has 0 aliphatic carbocycles. The molecule has 0 aliphatic rings. The van der Waals surface area contributed by atoms with Gasteiger partial charge in [-0.1, -0.05) is 56.3 Å². The molecule has 1 heterocycles. The van der Waals surface area contributed by atoms with E-state index in [1.807, 2.05) is 0 Å². The maximum Gasteiger partial charge on any atom is 0.329 e. The van der Waals surface area contributed by atoms with Gasteiger partial charge in [0.2, 0.25) is 11.8 Å². The summed E-state index contributed by atoms with van der Waals surface area (Å²) >= 11 is 0. The molecule has 0 saturated carbocycles. The van der Waals surface area contributed by atoms with Crippen LogP contribution in [0.15, 0.2) is 64.2 Å². The molecule has 0 unspecified atom stereocenters. The Morgan fingerprint density at radius 3 is 2.17 bits per heavy atom. The summed E-state index contributed by atoms with van der Waals surface area (Å²) < 4.78 is 0.851. The summed E-state index contributed by atoms with van der Waals surface area (Å²) in [4.78, 5) is 66.1. The fourth-order valence-corrected chi connectivity index (χ4v) is 3.76. The molecule has 1 aromatic heterocycles. The third-order valence-corrected chi connectivity index (χ3v) is 5.71. The molecule has 0 saturated heterocycles. The molecule has 3 aromatic rings. The zero-order chi connectivity index (χ0) is 25.7. The smallest absolute Gasteiger partial charge is 0.329 e. The van der Waals surface area contributed by atoms with Crippen molar-refractivity contribution in [3.05, 3.63) is 81.0 Å². The van der Waals surface area contributed by atoms with Gasteiger partial charge in [-0.05, 0) is 30.5 Å². The molecule has 35 heavy (non-hydrogen) atoms. The number of fused-ring (bicyclic) bond motifs is 1. The zero-order valence-electron chi connectivity index (χ0n) is 19.6. The first-order valence-corrected chi connectivity index (χ1v) is 11.2. The van der Waals surface area contributed by atoms with Gasteiger partial charge >= 0.3 is 11.7 Å². The number of para-hydroxylation sites is 1. The van der Waals surface area contributed by atoms with Crippen molar-refractivity contribution in [2.24, 2.45) is 5.92 Å². The number of rotatable bonds is 9. The largest absolute Gasteiger partial charge is 0.480 e. The van der Waals surface area contributed by atoms with Crippen molar-refractivity contribution in [2.75, 3.05) is 0 Å². The summed E-state index contributed by atoms with van der Waals surface area (Å²) in [6.45, 7) is 4.70. The predicted molar refractivity (Wildman–Crippen MR) is 130 cm³/mol. The summed E-state index contributed by atoms with van der Waals surface area (Å²) in [5, 5.41) is 14.5. The Balaban J connectivity index is 1.95. The molecular weight excluding hydrogens is 452 g/mol. The van der Waals surface area contributed by atoms with Crippen molar-refractivity contribution in [1.82, 2.24) is 20.2 Å². The van der Waals surface area contributed by atoms with Crippen molar-refractivity contribution in [2.45, 2.75) is 45.3 Å². The maximum atomic E-state index is 13.3. The van der Waals surface area contributed by atoms with Crippen molar-refractivity contribution in [1.29, 1.82) is 0 Å². The minimum absolute atomic E-state index is 0.0199. The monoisotopic (exact) mass is 480 g/mol. The maximum absolute atomic E-state index is 13.3. The van der Waals surface area contributed by atoms with Crippen LogP contribution in [0.25, 0.3) is 10.9 Å². The molecule has 10 nitrogen and oxygen atoms in total. The summed E-state index contributed by atoms with van der Waals surface area (Å²) in [6, 6.07) is 11.8. The lowest BCUT2D eigenvalue weighted by atomic mass is 10.0. The molecule has 10 heteroatoms. The average molecular weight is 481 g/mol. The van der Waals surface area contributed by atoms with E-state index in [2.05, 4.69) is 15.6 Å². The Hall–Kier alpha value is -4.21. The van der Waals surface area contributed by atoms with E-state index in [1.54, 1.807) is 68.4 Å². The number of carbonyl (C=O) groups excluding carboxylic acids is 2. The van der Waals surface area contributed by atoms with Crippen LogP contribution in [0.2, 0.25) is 0 Å². The first-order valence-electron chi connectivity index (χ1n) is 11.2. The number of nitrogens with one attached hydrogen (secondary N) is 3. The number of carbonyl (C=O) groups is 3. The van der Waals surface area contributed by atoms with Gasteiger partial charge in [0.05, 0.1) is 10.9 Å². The van der Waals surface area contributed by atoms with Gasteiger partial charge in [0, 0.05) is 6.42 Å². The van der Waals surface area contributed by atoms with Crippen LogP contribution in [0.3, 0.4) is 0 Å². The van der Waals surface area contributed by atoms with Gasteiger partial charge in [0.25, 0.3) is 5.56 Å². The van der Waals surface area contributed by atoms with Gasteiger partial charge in [-0.25, -0.2) is 14.2 Å². The number of amides is 2. The lowest BCUT2D eigenvalue weighted by Gasteiger charge is -2.24. The highest BCUT2D eigenvalue weighted by molar-refractivity contribution is 5.91. The summed E-state index contributed by atoms with van der Waals surface area (Å²) in [5.41, 5.74) is -0.343. The molecule has 0 radical (unpaired) electrons. The topological polar surface area (TPSA) is 150 Å². The van der Waals surface area contributed by atoms with Crippen LogP contribution in [0, 0.1) is 5.92 Å². The molecule has 4 N–H and O–H groups in total. The Kier molecular flexibility index (Phi) is 7.85. The lowest BCUT2D eigenvalue weighted by molar-refractivity contribution is -0.143. The molecule has 0 spiro atoms. The van der Waals surface area contributed by atoms with Gasteiger partial charge in [0.1, 0.15) is 18.1 Å². The molecule has 184 valence electrons. The number of hydrogen-bond acceptors (Lipinski definition) is 5. The zero-order valence-corrected chi connectivity index (χ0v) is 19.6. The van der Waals surface area contributed by atoms with Crippen LogP contribution in [0.4, 0.5) is 0 Å². The van der Waals surface area contributed by atoms with Gasteiger partial charge in [-0.2, -0.15) is 0 Å². The average Bonchev–Trinajstić information content (AvgIpc) is 2.81. The van der Waals surface area contributed by atoms with E-state index in [-0.39, 0.29) is 17.7 Å². The Morgan fingerprint density at radius 2 is 1.54 bits per heavy atom. The first-order chi connectivity index (χ1) is 16.6. The van der Waals surface area contributed by atoms with Crippen molar-refractivity contribution in [3.63, 3.8) is 0 Å². The number of aliphatic carboxylic acids is 1. The first kappa shape index (κ1) is 25.4. The number of aromatic nitrogens is 2. The third-order valence-electron chi connectivity index (χ3n) is 5.71. The number of benzene rings is 2. The number of nitrogens with zero attached hydrogens (tertiary/aromatic N) is 1. The van der Waals surface area contributed by atoms with Gasteiger partial charge in [-0.15, -0.1) is 0 Å². The molecule has 2 amide bonds. The number of carboxylic acid groups (broad SMARTS) is 1. The van der Waals surface area contributed by atoms with E-state index in [4.69, 9.17) is 0 Å². The van der Waals surface area contributed by atoms with E-state index in [0.29, 0.717) is 11.1 Å². The minimum Gasteiger partial charge on any atom is -0.480 e. The van der Waals surface area contributed by atoms with Crippen molar-refractivity contribution < 1.29 is 19.5 Å². The minimum atomic E-state index is -1.26. The van der Waals surface area contributed by atoms with E-state index >= 15 is 0 Å². The van der Waals surface area contributed by atoms with Crippen LogP contribution in [-0.4, -0.2) is 44.5 Å². The van der Waals surface area contributed by atoms with Crippen LogP contribution >= 0.6 is 0 Å². The second-order valence-electron chi connectivity index (χ2n) is 8.66. The number of H-pyrrole nitrogens is 1. The number of carboxylic acids is 1. The summed E-state index contributed by atoms with van der Waals surface area (Å²) in [7, 11) is 0. The highest BCUT2D eigenvalue weighted by Crippen LogP contribution is 2.14. The fraction of sp³-hybridized carbons (Fsp3) is 0.320. The number of hydrogen-bond donors (Lipinski definition) is 4. The van der Waals surface area contributed by atoms with Gasteiger partial charge in [0.15, 0.2) is 0 Å². The molecule has 2 aromatic carbocycles. The molecular formula is C25H28N4O6. The normalized spacial score (nSPS) is 13.7. The Bertz CT molecular complexity index is 1350. The Morgan fingerprint density at radius 1 is 0.914 bits per heavy atom. The highest BCUT2D eigenvalue weighted by Gasteiger charge is 2.30. The second-order valence-corrected chi connectivity index (χ2v) is 8.66. The van der Waals surface area contributed by atoms with Crippen LogP contribution in [0.5, 0.6) is 0 Å². The van der Waals surface area contributed by atoms with E-state index in [0.717, 1.165) is 4.57 Å². The molecule has 0 fully saturated rings. The summed E-state index contributed by atoms with van der Waals surface area (Å²) in [6.07, 6.45) is 0.0199. The van der Waals surface area contributed by atoms with Crippen LogP contribution in [-0.2, 0) is 20.8 Å². The van der Waals surface area contributed by atoms with E-state index in [9.17, 15) is 29.1 Å². The lowest BCUT2D eigenvalue weighted by Crippen LogP contribution is -2.54. The van der Waals surface area contributed by atoms with Crippen molar-refractivity contribution in [3.8, 4) is 0 Å². The fourth-order valence-electron chi connectivity index (χ4n) is 3.76. The molecule has 3 rings (SSSR count). The number of aromatic amines is 1. The standard InChI is InChI=1S/C25H28N4O6/c1-14(2)20(24(33)34)28-21(30)15(3)26-22(31)19(13-16-9-5-4-6-10-16)29-23(32)17-11-7-8-12-18(17)27-25(29)35/h4-12,14-15,19-20H,13H2,1-3H3,(H,26,31)(H,27,35)(H,28,30)(H,33,34)/t15-,19-,20-/m0/s1. The molecule has 0 bridgehead atoms. The molecule has 0 aliphatic heterocycles. The van der Waals surface area contributed by atoms with Gasteiger partial charge < -0.3 is 20.7 Å². The summed E-state index contributed by atoms with van der Waals surface area (Å²) in [5.74, 6) is -2.99. The predicted octanol–water partition coefficient (Wildman–Crippen LogP) is 1.20. The van der Waals surface area contributed by atoms with E-state index < -0.39 is 47.2 Å². The quantitative estimate of drug-likeness (QED) is 0.361. The van der Waals surface area contributed by atoms with Crippen LogP contribution < -0.4 is 21.9 Å². The molecule has 3 atom stereocenters. The van der Waals surface area contributed by atoms with E-state index in [1.165, 1.54) is 6.92 Å².